The van der Waals surface area contributed by atoms with Crippen molar-refractivity contribution in [2.75, 3.05) is 13.2 Å². The molecule has 13 heavy (non-hydrogen) atoms. The summed E-state index contributed by atoms with van der Waals surface area (Å²) in [6.07, 6.45) is 3.32. The lowest BCUT2D eigenvalue weighted by Gasteiger charge is -2.36. The van der Waals surface area contributed by atoms with Crippen LogP contribution in [-0.2, 0) is 9.53 Å². The molecular weight excluding hydrogens is 168 g/mol. The van der Waals surface area contributed by atoms with Crippen molar-refractivity contribution >= 4 is 5.78 Å². The van der Waals surface area contributed by atoms with E-state index in [-0.39, 0.29) is 5.92 Å². The Hall–Kier alpha value is -0.410. The van der Waals surface area contributed by atoms with Crippen molar-refractivity contribution in [1.29, 1.82) is 0 Å². The van der Waals surface area contributed by atoms with Crippen LogP contribution in [0.5, 0.6) is 0 Å². The lowest BCUT2D eigenvalue weighted by molar-refractivity contribution is -0.128. The molecule has 1 saturated carbocycles. The van der Waals surface area contributed by atoms with Gasteiger partial charge in [-0.25, -0.2) is 0 Å². The van der Waals surface area contributed by atoms with Crippen molar-refractivity contribution in [3.63, 3.8) is 0 Å². The Morgan fingerprint density at radius 1 is 1.38 bits per heavy atom. The molecule has 1 aliphatic heterocycles. The highest BCUT2D eigenvalue weighted by Crippen LogP contribution is 2.36. The minimum Gasteiger partial charge on any atom is -0.389 e. The van der Waals surface area contributed by atoms with Gasteiger partial charge in [0, 0.05) is 25.4 Å². The van der Waals surface area contributed by atoms with E-state index in [9.17, 15) is 9.90 Å². The second kappa shape index (κ2) is 3.39. The zero-order chi connectivity index (χ0) is 9.31. The summed E-state index contributed by atoms with van der Waals surface area (Å²) in [7, 11) is 0. The number of ether oxygens (including phenoxy) is 1. The summed E-state index contributed by atoms with van der Waals surface area (Å²) in [5.41, 5.74) is -0.607. The number of aliphatic hydroxyl groups is 1. The van der Waals surface area contributed by atoms with Crippen molar-refractivity contribution in [2.45, 2.75) is 37.7 Å². The molecule has 0 aromatic rings. The zero-order valence-electron chi connectivity index (χ0n) is 7.79. The molecule has 3 nitrogen and oxygen atoms in total. The van der Waals surface area contributed by atoms with E-state index < -0.39 is 5.60 Å². The largest absolute Gasteiger partial charge is 0.389 e. The highest BCUT2D eigenvalue weighted by atomic mass is 16.5. The Bertz CT molecular complexity index is 196. The summed E-state index contributed by atoms with van der Waals surface area (Å²) < 4.78 is 5.26. The Kier molecular flexibility index (Phi) is 2.39. The van der Waals surface area contributed by atoms with Crippen LogP contribution < -0.4 is 0 Å². The molecule has 3 heteroatoms. The predicted octanol–water partition coefficient (Wildman–Crippen LogP) is 0.897. The van der Waals surface area contributed by atoms with E-state index in [0.29, 0.717) is 38.1 Å². The summed E-state index contributed by atoms with van der Waals surface area (Å²) in [6, 6.07) is 0. The first-order valence-corrected chi connectivity index (χ1v) is 5.02. The third kappa shape index (κ3) is 1.76. The summed E-state index contributed by atoms with van der Waals surface area (Å²) in [4.78, 5) is 11.0. The highest BCUT2D eigenvalue weighted by Gasteiger charge is 2.41. The Morgan fingerprint density at radius 3 is 2.62 bits per heavy atom. The monoisotopic (exact) mass is 184 g/mol. The van der Waals surface area contributed by atoms with Gasteiger partial charge in [0.15, 0.2) is 0 Å². The van der Waals surface area contributed by atoms with E-state index >= 15 is 0 Å². The molecule has 1 saturated heterocycles. The van der Waals surface area contributed by atoms with Crippen molar-refractivity contribution in [1.82, 2.24) is 0 Å². The molecule has 1 N–H and O–H groups in total. The van der Waals surface area contributed by atoms with Crippen molar-refractivity contribution in [2.24, 2.45) is 5.92 Å². The van der Waals surface area contributed by atoms with Crippen LogP contribution in [0.25, 0.3) is 0 Å². The van der Waals surface area contributed by atoms with Gasteiger partial charge >= 0.3 is 0 Å². The first-order valence-electron chi connectivity index (χ1n) is 5.02. The number of Topliss-reactive ketones (excluding diaryl/α,β-unsaturated/α-hetero) is 1. The second-order valence-corrected chi connectivity index (χ2v) is 4.20. The molecule has 2 aliphatic rings. The van der Waals surface area contributed by atoms with E-state index in [2.05, 4.69) is 0 Å². The maximum atomic E-state index is 11.0. The molecule has 0 bridgehead atoms. The molecule has 2 fully saturated rings. The molecule has 0 amide bonds. The van der Waals surface area contributed by atoms with Gasteiger partial charge in [0.25, 0.3) is 0 Å². The van der Waals surface area contributed by atoms with Gasteiger partial charge < -0.3 is 9.84 Å². The van der Waals surface area contributed by atoms with E-state index in [0.717, 1.165) is 13.0 Å². The lowest BCUT2D eigenvalue weighted by Crippen LogP contribution is -2.42. The number of hydrogen-bond donors (Lipinski definition) is 1. The molecular formula is C10H16O3. The Morgan fingerprint density at radius 2 is 2.08 bits per heavy atom. The molecule has 1 aliphatic carbocycles. The molecule has 0 aromatic heterocycles. The van der Waals surface area contributed by atoms with Gasteiger partial charge in [-0.1, -0.05) is 0 Å². The molecule has 0 radical (unpaired) electrons. The van der Waals surface area contributed by atoms with Crippen LogP contribution in [0.2, 0.25) is 0 Å². The minimum absolute atomic E-state index is 0.264. The first kappa shape index (κ1) is 9.16. The van der Waals surface area contributed by atoms with Crippen LogP contribution in [0.3, 0.4) is 0 Å². The van der Waals surface area contributed by atoms with Crippen molar-refractivity contribution in [3.8, 4) is 0 Å². The number of ketones is 1. The number of carbonyl (C=O) groups is 1. The fourth-order valence-electron chi connectivity index (χ4n) is 2.33. The quantitative estimate of drug-likeness (QED) is 0.658. The van der Waals surface area contributed by atoms with Crippen LogP contribution in [0.1, 0.15) is 32.1 Å². The molecule has 0 aromatic carbocycles. The molecule has 1 atom stereocenters. The standard InChI is InChI=1S/C10H16O3/c11-9-1-4-10(12,5-2-9)8-3-6-13-7-8/h8,12H,1-7H2. The van der Waals surface area contributed by atoms with Crippen LogP contribution in [0.15, 0.2) is 0 Å². The molecule has 74 valence electrons. The maximum absolute atomic E-state index is 11.0. The van der Waals surface area contributed by atoms with E-state index in [1.54, 1.807) is 0 Å². The molecule has 2 rings (SSSR count). The Labute approximate surface area is 78.1 Å². The highest BCUT2D eigenvalue weighted by molar-refractivity contribution is 5.79. The topological polar surface area (TPSA) is 46.5 Å². The average Bonchev–Trinajstić information content (AvgIpc) is 2.63. The second-order valence-electron chi connectivity index (χ2n) is 4.20. The summed E-state index contributed by atoms with van der Waals surface area (Å²) in [5.74, 6) is 0.559. The molecule has 1 unspecified atom stereocenters. The minimum atomic E-state index is -0.607. The van der Waals surface area contributed by atoms with Crippen LogP contribution in [0.4, 0.5) is 0 Å². The number of hydrogen-bond acceptors (Lipinski definition) is 3. The van der Waals surface area contributed by atoms with Gasteiger partial charge in [-0.15, -0.1) is 0 Å². The molecule has 1 heterocycles. The van der Waals surface area contributed by atoms with Gasteiger partial charge in [-0.2, -0.15) is 0 Å². The van der Waals surface area contributed by atoms with Gasteiger partial charge in [-0.3, -0.25) is 4.79 Å². The van der Waals surface area contributed by atoms with E-state index in [1.165, 1.54) is 0 Å². The average molecular weight is 184 g/mol. The summed E-state index contributed by atoms with van der Waals surface area (Å²) in [5, 5.41) is 10.3. The maximum Gasteiger partial charge on any atom is 0.133 e. The third-order valence-corrected chi connectivity index (χ3v) is 3.36. The zero-order valence-corrected chi connectivity index (χ0v) is 7.79. The van der Waals surface area contributed by atoms with Gasteiger partial charge in [-0.05, 0) is 19.3 Å². The van der Waals surface area contributed by atoms with Crippen LogP contribution in [-0.4, -0.2) is 29.7 Å². The third-order valence-electron chi connectivity index (χ3n) is 3.36. The SMILES string of the molecule is O=C1CCC(O)(C2CCOC2)CC1. The molecule has 0 spiro atoms. The fourth-order valence-corrected chi connectivity index (χ4v) is 2.33. The van der Waals surface area contributed by atoms with Crippen molar-refractivity contribution < 1.29 is 14.6 Å². The summed E-state index contributed by atoms with van der Waals surface area (Å²) in [6.45, 7) is 1.44. The predicted molar refractivity (Wildman–Crippen MR) is 47.4 cm³/mol. The van der Waals surface area contributed by atoms with E-state index in [1.807, 2.05) is 0 Å². The number of rotatable bonds is 1. The van der Waals surface area contributed by atoms with Crippen LogP contribution in [0, 0.1) is 5.92 Å². The fraction of sp³-hybridized carbons (Fsp3) is 0.900. The van der Waals surface area contributed by atoms with Gasteiger partial charge in [0.2, 0.25) is 0 Å². The smallest absolute Gasteiger partial charge is 0.133 e. The van der Waals surface area contributed by atoms with Gasteiger partial charge in [0.1, 0.15) is 5.78 Å². The number of carbonyl (C=O) groups excluding carboxylic acids is 1. The normalized spacial score (nSPS) is 33.6. The van der Waals surface area contributed by atoms with Crippen LogP contribution >= 0.6 is 0 Å². The van der Waals surface area contributed by atoms with Crippen molar-refractivity contribution in [3.05, 3.63) is 0 Å². The Balaban J connectivity index is 1.98. The summed E-state index contributed by atoms with van der Waals surface area (Å²) >= 11 is 0. The first-order chi connectivity index (χ1) is 6.21. The van der Waals surface area contributed by atoms with E-state index in [4.69, 9.17) is 4.74 Å². The van der Waals surface area contributed by atoms with Gasteiger partial charge in [0.05, 0.1) is 12.2 Å². The lowest BCUT2D eigenvalue weighted by atomic mass is 9.75.